The predicted molar refractivity (Wildman–Crippen MR) is 110 cm³/mol. The molecule has 2 aromatic carbocycles. The highest BCUT2D eigenvalue weighted by Gasteiger charge is 2.24. The summed E-state index contributed by atoms with van der Waals surface area (Å²) in [7, 11) is 0. The molecule has 2 amide bonds. The van der Waals surface area contributed by atoms with Crippen molar-refractivity contribution in [3.63, 3.8) is 0 Å². The Morgan fingerprint density at radius 2 is 1.97 bits per heavy atom. The van der Waals surface area contributed by atoms with Crippen molar-refractivity contribution in [2.75, 3.05) is 10.6 Å². The molecule has 0 saturated heterocycles. The van der Waals surface area contributed by atoms with Crippen molar-refractivity contribution >= 4 is 23.2 Å². The van der Waals surface area contributed by atoms with Crippen LogP contribution in [-0.4, -0.2) is 27.7 Å². The molecule has 1 aromatic heterocycles. The molecule has 3 aromatic rings. The number of anilines is 2. The molecule has 148 valence electrons. The van der Waals surface area contributed by atoms with Gasteiger partial charge in [0.25, 0.3) is 11.8 Å². The van der Waals surface area contributed by atoms with Gasteiger partial charge in [-0.2, -0.15) is 5.10 Å². The third-order valence-electron chi connectivity index (χ3n) is 4.95. The summed E-state index contributed by atoms with van der Waals surface area (Å²) in [5, 5.41) is 10.2. The van der Waals surface area contributed by atoms with Gasteiger partial charge in [0.2, 0.25) is 0 Å². The minimum atomic E-state index is -0.538. The molecule has 29 heavy (non-hydrogen) atoms. The molecule has 7 nitrogen and oxygen atoms in total. The number of aryl methyl sites for hydroxylation is 1. The zero-order valence-electron chi connectivity index (χ0n) is 16.5. The van der Waals surface area contributed by atoms with E-state index in [9.17, 15) is 9.59 Å². The normalized spacial score (nSPS) is 15.3. The van der Waals surface area contributed by atoms with Crippen LogP contribution in [0.2, 0.25) is 0 Å². The molecule has 0 radical (unpaired) electrons. The van der Waals surface area contributed by atoms with Gasteiger partial charge in [-0.3, -0.25) is 14.3 Å². The molecular formula is C22H22N4O3. The Kier molecular flexibility index (Phi) is 4.80. The van der Waals surface area contributed by atoms with Gasteiger partial charge in [-0.1, -0.05) is 30.3 Å². The van der Waals surface area contributed by atoms with Gasteiger partial charge in [0, 0.05) is 11.4 Å². The lowest BCUT2D eigenvalue weighted by molar-refractivity contribution is -0.122. The Labute approximate surface area is 168 Å². The first-order chi connectivity index (χ1) is 13.9. The zero-order valence-corrected chi connectivity index (χ0v) is 16.5. The van der Waals surface area contributed by atoms with Crippen LogP contribution in [0, 0.1) is 13.8 Å². The summed E-state index contributed by atoms with van der Waals surface area (Å²) in [6, 6.07) is 15.2. The molecule has 7 heteroatoms. The summed E-state index contributed by atoms with van der Waals surface area (Å²) in [5.74, 6) is 0.128. The van der Waals surface area contributed by atoms with Crippen LogP contribution in [0.25, 0.3) is 0 Å². The highest BCUT2D eigenvalue weighted by molar-refractivity contribution is 6.06. The van der Waals surface area contributed by atoms with E-state index in [0.29, 0.717) is 34.9 Å². The number of hydrogen-bond donors (Lipinski definition) is 2. The van der Waals surface area contributed by atoms with Crippen LogP contribution in [0.5, 0.6) is 5.75 Å². The van der Waals surface area contributed by atoms with Crippen molar-refractivity contribution in [1.82, 2.24) is 9.78 Å². The van der Waals surface area contributed by atoms with E-state index in [-0.39, 0.29) is 11.8 Å². The number of rotatable bonds is 4. The Morgan fingerprint density at radius 1 is 1.21 bits per heavy atom. The van der Waals surface area contributed by atoms with Crippen LogP contribution >= 0.6 is 0 Å². The number of nitrogens with one attached hydrogen (secondary N) is 2. The molecule has 1 aliphatic rings. The van der Waals surface area contributed by atoms with Gasteiger partial charge >= 0.3 is 0 Å². The van der Waals surface area contributed by atoms with Crippen LogP contribution < -0.4 is 15.4 Å². The van der Waals surface area contributed by atoms with Gasteiger partial charge in [-0.25, -0.2) is 0 Å². The third-order valence-corrected chi connectivity index (χ3v) is 4.95. The summed E-state index contributed by atoms with van der Waals surface area (Å²) in [4.78, 5) is 24.7. The zero-order chi connectivity index (χ0) is 20.5. The second-order valence-electron chi connectivity index (χ2n) is 7.10. The largest absolute Gasteiger partial charge is 0.479 e. The summed E-state index contributed by atoms with van der Waals surface area (Å²) in [6.45, 7) is 6.00. The van der Waals surface area contributed by atoms with Crippen LogP contribution in [0.1, 0.15) is 34.2 Å². The fourth-order valence-corrected chi connectivity index (χ4v) is 3.42. The van der Waals surface area contributed by atoms with E-state index in [2.05, 4.69) is 15.7 Å². The smallest absolute Gasteiger partial charge is 0.265 e. The first-order valence-corrected chi connectivity index (χ1v) is 9.43. The van der Waals surface area contributed by atoms with Crippen LogP contribution in [0.3, 0.4) is 0 Å². The average Bonchev–Trinajstić information content (AvgIpc) is 2.97. The minimum Gasteiger partial charge on any atom is -0.479 e. The molecule has 4 rings (SSSR count). The lowest BCUT2D eigenvalue weighted by Gasteiger charge is -2.23. The standard InChI is InChI=1S/C22H22N4O3/c1-13-20(14(2)26(25-13)12-16-7-5-4-6-8-16)22(28)23-17-9-10-19-18(11-17)24-21(27)15(3)29-19/h4-11,15H,12H2,1-3H3,(H,23,28)(H,24,27). The van der Waals surface area contributed by atoms with E-state index in [1.807, 2.05) is 48.9 Å². The second-order valence-corrected chi connectivity index (χ2v) is 7.10. The molecule has 0 saturated carbocycles. The van der Waals surface area contributed by atoms with Gasteiger partial charge in [-0.15, -0.1) is 0 Å². The molecule has 0 bridgehead atoms. The molecule has 2 N–H and O–H groups in total. The van der Waals surface area contributed by atoms with Crippen molar-refractivity contribution in [3.8, 4) is 5.75 Å². The minimum absolute atomic E-state index is 0.213. The number of nitrogens with zero attached hydrogens (tertiary/aromatic N) is 2. The van der Waals surface area contributed by atoms with Crippen LogP contribution in [-0.2, 0) is 11.3 Å². The highest BCUT2D eigenvalue weighted by Crippen LogP contribution is 2.32. The summed E-state index contributed by atoms with van der Waals surface area (Å²) in [6.07, 6.45) is -0.538. The molecule has 1 atom stereocenters. The Balaban J connectivity index is 1.55. The molecule has 0 aliphatic carbocycles. The van der Waals surface area contributed by atoms with E-state index >= 15 is 0 Å². The van der Waals surface area contributed by atoms with Crippen molar-refractivity contribution in [3.05, 3.63) is 71.0 Å². The predicted octanol–water partition coefficient (Wildman–Crippen LogP) is 3.52. The first-order valence-electron chi connectivity index (χ1n) is 9.43. The lowest BCUT2D eigenvalue weighted by atomic mass is 10.1. The Morgan fingerprint density at radius 3 is 2.72 bits per heavy atom. The molecular weight excluding hydrogens is 368 g/mol. The van der Waals surface area contributed by atoms with Gasteiger partial charge in [0.15, 0.2) is 6.10 Å². The molecule has 0 spiro atoms. The second kappa shape index (κ2) is 7.43. The van der Waals surface area contributed by atoms with Gasteiger partial charge in [-0.05, 0) is 44.5 Å². The maximum Gasteiger partial charge on any atom is 0.265 e. The van der Waals surface area contributed by atoms with Crippen molar-refractivity contribution in [2.45, 2.75) is 33.4 Å². The third kappa shape index (κ3) is 3.71. The topological polar surface area (TPSA) is 85.3 Å². The van der Waals surface area contributed by atoms with Crippen LogP contribution in [0.15, 0.2) is 48.5 Å². The summed E-state index contributed by atoms with van der Waals surface area (Å²) in [5.41, 5.74) is 4.24. The number of amides is 2. The number of aromatic nitrogens is 2. The summed E-state index contributed by atoms with van der Waals surface area (Å²) >= 11 is 0. The van der Waals surface area contributed by atoms with Gasteiger partial charge < -0.3 is 15.4 Å². The van der Waals surface area contributed by atoms with Crippen molar-refractivity contribution < 1.29 is 14.3 Å². The van der Waals surface area contributed by atoms with Gasteiger partial charge in [0.05, 0.1) is 23.5 Å². The number of hydrogen-bond acceptors (Lipinski definition) is 4. The molecule has 0 fully saturated rings. The number of carbonyl (C=O) groups is 2. The van der Waals surface area contributed by atoms with Crippen LogP contribution in [0.4, 0.5) is 11.4 Å². The number of carbonyl (C=O) groups excluding carboxylic acids is 2. The maximum absolute atomic E-state index is 12.9. The fraction of sp³-hybridized carbons (Fsp3) is 0.227. The van der Waals surface area contributed by atoms with E-state index in [0.717, 1.165) is 11.3 Å². The number of fused-ring (bicyclic) bond motifs is 1. The number of benzene rings is 2. The Hall–Kier alpha value is -3.61. The number of ether oxygens (including phenoxy) is 1. The van der Waals surface area contributed by atoms with E-state index in [1.165, 1.54) is 0 Å². The summed E-state index contributed by atoms with van der Waals surface area (Å²) < 4.78 is 7.38. The monoisotopic (exact) mass is 390 g/mol. The highest BCUT2D eigenvalue weighted by atomic mass is 16.5. The quantitative estimate of drug-likeness (QED) is 0.714. The van der Waals surface area contributed by atoms with Crippen molar-refractivity contribution in [2.24, 2.45) is 0 Å². The van der Waals surface area contributed by atoms with Gasteiger partial charge in [0.1, 0.15) is 5.75 Å². The molecule has 1 aliphatic heterocycles. The maximum atomic E-state index is 12.9. The molecule has 2 heterocycles. The van der Waals surface area contributed by atoms with E-state index in [1.54, 1.807) is 25.1 Å². The SMILES string of the molecule is Cc1nn(Cc2ccccc2)c(C)c1C(=O)Nc1ccc2c(c1)NC(=O)C(C)O2. The average molecular weight is 390 g/mol. The molecule has 1 unspecified atom stereocenters. The Bertz CT molecular complexity index is 1090. The first kappa shape index (κ1) is 18.7. The lowest BCUT2D eigenvalue weighted by Crippen LogP contribution is -2.34. The van der Waals surface area contributed by atoms with E-state index in [4.69, 9.17) is 4.74 Å². The van der Waals surface area contributed by atoms with Crippen molar-refractivity contribution in [1.29, 1.82) is 0 Å². The fourth-order valence-electron chi connectivity index (χ4n) is 3.42. The van der Waals surface area contributed by atoms with E-state index < -0.39 is 6.10 Å².